The minimum Gasteiger partial charge on any atom is -0.241 e. The molecule has 1 unspecified atom stereocenters. The van der Waals surface area contributed by atoms with Gasteiger partial charge in [-0.05, 0) is 24.0 Å². The first kappa shape index (κ1) is 12.6. The summed E-state index contributed by atoms with van der Waals surface area (Å²) < 4.78 is 1.33. The molecule has 1 saturated carbocycles. The molecule has 2 aromatic rings. The van der Waals surface area contributed by atoms with E-state index >= 15 is 0 Å². The fourth-order valence-electron chi connectivity index (χ4n) is 3.01. The van der Waals surface area contributed by atoms with E-state index in [4.69, 9.17) is 4.98 Å². The smallest absolute Gasteiger partial charge is 0.0941 e. The van der Waals surface area contributed by atoms with Gasteiger partial charge in [-0.15, -0.1) is 11.3 Å². The third-order valence-corrected chi connectivity index (χ3v) is 5.93. The Morgan fingerprint density at radius 3 is 2.78 bits per heavy atom. The molecule has 0 amide bonds. The number of hydrogen-bond donors (Lipinski definition) is 0. The van der Waals surface area contributed by atoms with Crippen molar-refractivity contribution in [2.24, 2.45) is 11.8 Å². The van der Waals surface area contributed by atoms with Crippen molar-refractivity contribution in [2.45, 2.75) is 32.1 Å². The lowest BCUT2D eigenvalue weighted by atomic mass is 9.90. The Hall–Kier alpha value is -0.410. The molecule has 1 aliphatic carbocycles. The van der Waals surface area contributed by atoms with E-state index in [2.05, 4.69) is 40.2 Å². The minimum absolute atomic E-state index is 0.771. The van der Waals surface area contributed by atoms with Gasteiger partial charge in [0.15, 0.2) is 0 Å². The van der Waals surface area contributed by atoms with Gasteiger partial charge < -0.3 is 0 Å². The highest BCUT2D eigenvalue weighted by atomic mass is 79.9. The van der Waals surface area contributed by atoms with Crippen LogP contribution in [-0.2, 0) is 6.42 Å². The van der Waals surface area contributed by atoms with Crippen LogP contribution in [-0.4, -0.2) is 10.3 Å². The van der Waals surface area contributed by atoms with E-state index in [9.17, 15) is 0 Å². The third-order valence-electron chi connectivity index (χ3n) is 4.04. The minimum atomic E-state index is 0.771. The van der Waals surface area contributed by atoms with Crippen molar-refractivity contribution in [2.75, 3.05) is 5.33 Å². The van der Waals surface area contributed by atoms with Crippen LogP contribution >= 0.6 is 27.3 Å². The number of fused-ring (bicyclic) bond motifs is 1. The second-order valence-electron chi connectivity index (χ2n) is 5.24. The Bertz CT molecular complexity index is 483. The van der Waals surface area contributed by atoms with Gasteiger partial charge in [0.25, 0.3) is 0 Å². The fraction of sp³-hybridized carbons (Fsp3) is 0.533. The van der Waals surface area contributed by atoms with Crippen LogP contribution in [0.2, 0.25) is 0 Å². The molecule has 0 spiro atoms. The van der Waals surface area contributed by atoms with Gasteiger partial charge in [0.1, 0.15) is 0 Å². The van der Waals surface area contributed by atoms with Gasteiger partial charge in [-0.2, -0.15) is 0 Å². The highest BCUT2D eigenvalue weighted by molar-refractivity contribution is 9.09. The van der Waals surface area contributed by atoms with Crippen LogP contribution in [0.15, 0.2) is 24.3 Å². The summed E-state index contributed by atoms with van der Waals surface area (Å²) in [6.45, 7) is 0. The van der Waals surface area contributed by atoms with Crippen LogP contribution in [0.1, 0.15) is 30.7 Å². The summed E-state index contributed by atoms with van der Waals surface area (Å²) in [5.74, 6) is 1.68. The quantitative estimate of drug-likeness (QED) is 0.718. The maximum Gasteiger partial charge on any atom is 0.0941 e. The third kappa shape index (κ3) is 2.62. The molecule has 1 aromatic heterocycles. The largest absolute Gasteiger partial charge is 0.241 e. The molecule has 0 bridgehead atoms. The van der Waals surface area contributed by atoms with Crippen molar-refractivity contribution in [1.29, 1.82) is 0 Å². The van der Waals surface area contributed by atoms with E-state index in [1.165, 1.54) is 35.4 Å². The van der Waals surface area contributed by atoms with E-state index in [0.717, 1.165) is 29.1 Å². The summed E-state index contributed by atoms with van der Waals surface area (Å²) in [5, 5.41) is 2.43. The molecule has 96 valence electrons. The topological polar surface area (TPSA) is 12.9 Å². The normalized spacial score (nSPS) is 18.5. The fourth-order valence-corrected chi connectivity index (χ4v) is 4.83. The van der Waals surface area contributed by atoms with Crippen molar-refractivity contribution >= 4 is 37.5 Å². The Balaban J connectivity index is 1.77. The molecule has 1 fully saturated rings. The molecular weight excluding hydrogens is 306 g/mol. The molecular formula is C15H18BrNS. The predicted octanol–water partition coefficient (Wildman–Crippen LogP) is 5.04. The monoisotopic (exact) mass is 323 g/mol. The highest BCUT2D eigenvalue weighted by Gasteiger charge is 2.25. The summed E-state index contributed by atoms with van der Waals surface area (Å²) in [7, 11) is 0. The molecule has 1 heterocycles. The zero-order valence-corrected chi connectivity index (χ0v) is 12.8. The van der Waals surface area contributed by atoms with Gasteiger partial charge >= 0.3 is 0 Å². The Labute approximate surface area is 121 Å². The SMILES string of the molecule is BrCC(Cc1nc2ccccc2s1)C1CCCC1. The van der Waals surface area contributed by atoms with Gasteiger partial charge in [-0.25, -0.2) is 4.98 Å². The average molecular weight is 324 g/mol. The van der Waals surface area contributed by atoms with E-state index in [1.807, 2.05) is 11.3 Å². The molecule has 1 aliphatic rings. The van der Waals surface area contributed by atoms with Crippen LogP contribution in [0.3, 0.4) is 0 Å². The molecule has 0 aliphatic heterocycles. The number of halogens is 1. The highest BCUT2D eigenvalue weighted by Crippen LogP contribution is 2.35. The molecule has 3 heteroatoms. The van der Waals surface area contributed by atoms with Crippen molar-refractivity contribution < 1.29 is 0 Å². The van der Waals surface area contributed by atoms with Crippen LogP contribution in [0, 0.1) is 11.8 Å². The van der Waals surface area contributed by atoms with Gasteiger partial charge in [0.05, 0.1) is 15.2 Å². The van der Waals surface area contributed by atoms with Crippen LogP contribution in [0.4, 0.5) is 0 Å². The molecule has 0 saturated heterocycles. The number of benzene rings is 1. The molecule has 1 atom stereocenters. The Kier molecular flexibility index (Phi) is 4.00. The van der Waals surface area contributed by atoms with Gasteiger partial charge in [-0.1, -0.05) is 53.7 Å². The van der Waals surface area contributed by atoms with Crippen molar-refractivity contribution in [3.05, 3.63) is 29.3 Å². The molecule has 18 heavy (non-hydrogen) atoms. The number of hydrogen-bond acceptors (Lipinski definition) is 2. The average Bonchev–Trinajstić information content (AvgIpc) is 3.04. The second-order valence-corrected chi connectivity index (χ2v) is 7.00. The number of rotatable bonds is 4. The Morgan fingerprint density at radius 2 is 2.06 bits per heavy atom. The molecule has 1 aromatic carbocycles. The van der Waals surface area contributed by atoms with Gasteiger partial charge in [0, 0.05) is 11.8 Å². The number of alkyl halides is 1. The zero-order valence-electron chi connectivity index (χ0n) is 10.4. The second kappa shape index (κ2) is 5.70. The molecule has 0 N–H and O–H groups in total. The van der Waals surface area contributed by atoms with Crippen LogP contribution < -0.4 is 0 Å². The van der Waals surface area contributed by atoms with Gasteiger partial charge in [-0.3, -0.25) is 0 Å². The van der Waals surface area contributed by atoms with Crippen LogP contribution in [0.5, 0.6) is 0 Å². The summed E-state index contributed by atoms with van der Waals surface area (Å²) in [5.41, 5.74) is 1.16. The summed E-state index contributed by atoms with van der Waals surface area (Å²) in [6.07, 6.45) is 6.83. The lowest BCUT2D eigenvalue weighted by Gasteiger charge is -2.19. The predicted molar refractivity (Wildman–Crippen MR) is 82.6 cm³/mol. The number of para-hydroxylation sites is 1. The van der Waals surface area contributed by atoms with Crippen molar-refractivity contribution in [3.8, 4) is 0 Å². The van der Waals surface area contributed by atoms with Crippen molar-refractivity contribution in [3.63, 3.8) is 0 Å². The summed E-state index contributed by atoms with van der Waals surface area (Å²) in [4.78, 5) is 4.77. The lowest BCUT2D eigenvalue weighted by molar-refractivity contribution is 0.373. The van der Waals surface area contributed by atoms with E-state index < -0.39 is 0 Å². The summed E-state index contributed by atoms with van der Waals surface area (Å²) >= 11 is 5.57. The summed E-state index contributed by atoms with van der Waals surface area (Å²) in [6, 6.07) is 8.47. The van der Waals surface area contributed by atoms with E-state index in [0.29, 0.717) is 0 Å². The first-order valence-electron chi connectivity index (χ1n) is 6.77. The maximum atomic E-state index is 4.77. The zero-order chi connectivity index (χ0) is 12.4. The standard InChI is InChI=1S/C15H18BrNS/c16-10-12(11-5-1-2-6-11)9-15-17-13-7-3-4-8-14(13)18-15/h3-4,7-8,11-12H,1-2,5-6,9-10H2. The van der Waals surface area contributed by atoms with E-state index in [-0.39, 0.29) is 0 Å². The van der Waals surface area contributed by atoms with E-state index in [1.54, 1.807) is 0 Å². The van der Waals surface area contributed by atoms with Gasteiger partial charge in [0.2, 0.25) is 0 Å². The molecule has 0 radical (unpaired) electrons. The lowest BCUT2D eigenvalue weighted by Crippen LogP contribution is -2.16. The first-order chi connectivity index (χ1) is 8.86. The first-order valence-corrected chi connectivity index (χ1v) is 8.71. The number of thiazole rings is 1. The molecule has 1 nitrogen and oxygen atoms in total. The maximum absolute atomic E-state index is 4.77. The molecule has 3 rings (SSSR count). The Morgan fingerprint density at radius 1 is 1.28 bits per heavy atom. The van der Waals surface area contributed by atoms with Crippen molar-refractivity contribution in [1.82, 2.24) is 4.98 Å². The van der Waals surface area contributed by atoms with Crippen LogP contribution in [0.25, 0.3) is 10.2 Å². The number of aromatic nitrogens is 1. The number of nitrogens with zero attached hydrogens (tertiary/aromatic N) is 1.